The summed E-state index contributed by atoms with van der Waals surface area (Å²) in [4.78, 5) is 12.8. The van der Waals surface area contributed by atoms with E-state index in [9.17, 15) is 4.79 Å². The van der Waals surface area contributed by atoms with Gasteiger partial charge < -0.3 is 4.74 Å². The normalized spacial score (nSPS) is 15.0. The Hall–Kier alpha value is -3.07. The van der Waals surface area contributed by atoms with Gasteiger partial charge >= 0.3 is 5.97 Å². The maximum Gasteiger partial charge on any atom is 0.313 e. The van der Waals surface area contributed by atoms with E-state index in [4.69, 9.17) is 27.9 Å². The largest absolute Gasteiger partial charge is 0.469 e. The van der Waals surface area contributed by atoms with Crippen molar-refractivity contribution in [3.63, 3.8) is 0 Å². The van der Waals surface area contributed by atoms with E-state index < -0.39 is 0 Å². The van der Waals surface area contributed by atoms with Crippen LogP contribution in [0.3, 0.4) is 0 Å². The summed E-state index contributed by atoms with van der Waals surface area (Å²) in [5.41, 5.74) is 6.35. The summed E-state index contributed by atoms with van der Waals surface area (Å²) in [6.45, 7) is 0. The van der Waals surface area contributed by atoms with Gasteiger partial charge in [0.05, 0.1) is 13.0 Å². The monoisotopic (exact) mass is 458 g/mol. The Bertz CT molecular complexity index is 1310. The van der Waals surface area contributed by atoms with Crippen molar-refractivity contribution < 1.29 is 9.53 Å². The number of carbonyl (C=O) groups excluding carboxylic acids is 1. The summed E-state index contributed by atoms with van der Waals surface area (Å²) in [6.07, 6.45) is 0.568. The number of fused-ring (bicyclic) bond motifs is 2. The van der Waals surface area contributed by atoms with Crippen molar-refractivity contribution >= 4 is 51.1 Å². The van der Waals surface area contributed by atoms with Gasteiger partial charge in [0.15, 0.2) is 0 Å². The first kappa shape index (κ1) is 20.8. The Balaban J connectivity index is 1.82. The third-order valence-electron chi connectivity index (χ3n) is 6.08. The highest BCUT2D eigenvalue weighted by Gasteiger charge is 2.35. The van der Waals surface area contributed by atoms with Crippen LogP contribution in [0.2, 0.25) is 10.0 Å². The van der Waals surface area contributed by atoms with Crippen LogP contribution in [0.15, 0.2) is 84.9 Å². The third-order valence-corrected chi connectivity index (χ3v) is 6.58. The van der Waals surface area contributed by atoms with Crippen LogP contribution in [0, 0.1) is 0 Å². The minimum atomic E-state index is -0.343. The molecule has 4 heteroatoms. The van der Waals surface area contributed by atoms with Gasteiger partial charge in [-0.05, 0) is 87.0 Å². The Morgan fingerprint density at radius 1 is 0.812 bits per heavy atom. The van der Waals surface area contributed by atoms with Gasteiger partial charge in [0.25, 0.3) is 0 Å². The maximum absolute atomic E-state index is 12.8. The first-order valence-electron chi connectivity index (χ1n) is 10.4. The van der Waals surface area contributed by atoms with Gasteiger partial charge in [0.2, 0.25) is 0 Å². The van der Waals surface area contributed by atoms with E-state index in [1.165, 1.54) is 7.11 Å². The lowest BCUT2D eigenvalue weighted by atomic mass is 9.89. The topological polar surface area (TPSA) is 26.3 Å². The SMILES string of the molecule is COC(=O)C1CC(=C(c2ccc(Cl)cc2)c2ccc(Cl)cc2)c2cc3ccccc3cc21. The van der Waals surface area contributed by atoms with Crippen molar-refractivity contribution in [2.45, 2.75) is 12.3 Å². The van der Waals surface area contributed by atoms with E-state index in [0.717, 1.165) is 44.2 Å². The molecule has 0 saturated carbocycles. The van der Waals surface area contributed by atoms with Crippen molar-refractivity contribution in [2.75, 3.05) is 7.11 Å². The van der Waals surface area contributed by atoms with Gasteiger partial charge in [-0.3, -0.25) is 4.79 Å². The molecular weight excluding hydrogens is 439 g/mol. The van der Waals surface area contributed by atoms with Crippen molar-refractivity contribution in [2.24, 2.45) is 0 Å². The molecule has 0 bridgehead atoms. The van der Waals surface area contributed by atoms with E-state index in [2.05, 4.69) is 24.3 Å². The zero-order chi connectivity index (χ0) is 22.2. The molecular formula is C28H20Cl2O2. The van der Waals surface area contributed by atoms with Gasteiger partial charge in [-0.15, -0.1) is 0 Å². The average molecular weight is 459 g/mol. The van der Waals surface area contributed by atoms with E-state index >= 15 is 0 Å². The summed E-state index contributed by atoms with van der Waals surface area (Å²) in [7, 11) is 1.45. The highest BCUT2D eigenvalue weighted by Crippen LogP contribution is 2.48. The predicted molar refractivity (Wildman–Crippen MR) is 132 cm³/mol. The Morgan fingerprint density at radius 2 is 1.34 bits per heavy atom. The second-order valence-corrected chi connectivity index (χ2v) is 8.81. The molecule has 4 aromatic carbocycles. The highest BCUT2D eigenvalue weighted by molar-refractivity contribution is 6.31. The van der Waals surface area contributed by atoms with Crippen LogP contribution in [-0.4, -0.2) is 13.1 Å². The second-order valence-electron chi connectivity index (χ2n) is 7.93. The number of halogens is 2. The lowest BCUT2D eigenvalue weighted by molar-refractivity contribution is -0.142. The minimum Gasteiger partial charge on any atom is -0.469 e. The Labute approximate surface area is 197 Å². The zero-order valence-corrected chi connectivity index (χ0v) is 19.0. The van der Waals surface area contributed by atoms with Gasteiger partial charge in [0.1, 0.15) is 0 Å². The molecule has 0 radical (unpaired) electrons. The fourth-order valence-electron chi connectivity index (χ4n) is 4.57. The molecule has 2 nitrogen and oxygen atoms in total. The highest BCUT2D eigenvalue weighted by atomic mass is 35.5. The van der Waals surface area contributed by atoms with E-state index in [0.29, 0.717) is 16.5 Å². The summed E-state index contributed by atoms with van der Waals surface area (Å²) in [5, 5.41) is 3.61. The van der Waals surface area contributed by atoms with E-state index in [1.807, 2.05) is 60.7 Å². The summed E-state index contributed by atoms with van der Waals surface area (Å²) in [6, 6.07) is 28.2. The first-order valence-corrected chi connectivity index (χ1v) is 11.2. The molecule has 1 unspecified atom stereocenters. The molecule has 0 N–H and O–H groups in total. The number of hydrogen-bond donors (Lipinski definition) is 0. The Morgan fingerprint density at radius 3 is 1.88 bits per heavy atom. The first-order chi connectivity index (χ1) is 15.5. The lowest BCUT2D eigenvalue weighted by Crippen LogP contribution is -2.11. The van der Waals surface area contributed by atoms with Crippen LogP contribution in [-0.2, 0) is 9.53 Å². The van der Waals surface area contributed by atoms with Gasteiger partial charge in [-0.2, -0.15) is 0 Å². The van der Waals surface area contributed by atoms with Gasteiger partial charge in [-0.25, -0.2) is 0 Å². The molecule has 32 heavy (non-hydrogen) atoms. The van der Waals surface area contributed by atoms with Crippen LogP contribution < -0.4 is 0 Å². The number of allylic oxidation sites excluding steroid dienone is 1. The van der Waals surface area contributed by atoms with E-state index in [1.54, 1.807) is 0 Å². The van der Waals surface area contributed by atoms with Crippen LogP contribution in [0.5, 0.6) is 0 Å². The van der Waals surface area contributed by atoms with Crippen molar-refractivity contribution in [1.82, 2.24) is 0 Å². The molecule has 0 heterocycles. The van der Waals surface area contributed by atoms with Crippen LogP contribution in [0.4, 0.5) is 0 Å². The molecule has 1 aliphatic carbocycles. The zero-order valence-electron chi connectivity index (χ0n) is 17.4. The summed E-state index contributed by atoms with van der Waals surface area (Å²) < 4.78 is 5.18. The molecule has 5 rings (SSSR count). The second kappa shape index (κ2) is 8.46. The lowest BCUT2D eigenvalue weighted by Gasteiger charge is -2.15. The van der Waals surface area contributed by atoms with Crippen LogP contribution in [0.1, 0.15) is 34.6 Å². The molecule has 0 aliphatic heterocycles. The van der Waals surface area contributed by atoms with Gasteiger partial charge in [0, 0.05) is 10.0 Å². The smallest absolute Gasteiger partial charge is 0.313 e. The number of carbonyl (C=O) groups is 1. The fraction of sp³-hybridized carbons (Fsp3) is 0.107. The minimum absolute atomic E-state index is 0.219. The standard InChI is InChI=1S/C28H20Cl2O2/c1-32-28(31)26-16-25(23-14-19-4-2-3-5-20(19)15-24(23)26)27(17-6-10-21(29)11-7-17)18-8-12-22(30)13-9-18/h2-15,26H,16H2,1H3. The summed E-state index contributed by atoms with van der Waals surface area (Å²) in [5.74, 6) is -0.563. The molecule has 4 aromatic rings. The van der Waals surface area contributed by atoms with Crippen LogP contribution in [0.25, 0.3) is 21.9 Å². The van der Waals surface area contributed by atoms with Crippen molar-refractivity contribution in [3.05, 3.63) is 117 Å². The molecule has 0 amide bonds. The number of ether oxygens (including phenoxy) is 1. The van der Waals surface area contributed by atoms with Crippen LogP contribution >= 0.6 is 23.2 Å². The fourth-order valence-corrected chi connectivity index (χ4v) is 4.82. The Kier molecular flexibility index (Phi) is 5.50. The maximum atomic E-state index is 12.8. The predicted octanol–water partition coefficient (Wildman–Crippen LogP) is 7.77. The quantitative estimate of drug-likeness (QED) is 0.293. The summed E-state index contributed by atoms with van der Waals surface area (Å²) >= 11 is 12.4. The number of methoxy groups -OCH3 is 1. The average Bonchev–Trinajstić information content (AvgIpc) is 3.17. The molecule has 1 atom stereocenters. The molecule has 158 valence electrons. The number of esters is 1. The molecule has 1 aliphatic rings. The molecule has 0 aromatic heterocycles. The molecule has 0 fully saturated rings. The van der Waals surface area contributed by atoms with Crippen molar-refractivity contribution in [3.8, 4) is 0 Å². The number of benzene rings is 4. The van der Waals surface area contributed by atoms with Gasteiger partial charge in [-0.1, -0.05) is 71.7 Å². The van der Waals surface area contributed by atoms with Crippen molar-refractivity contribution in [1.29, 1.82) is 0 Å². The third kappa shape index (κ3) is 3.70. The number of rotatable bonds is 3. The molecule has 0 spiro atoms. The van der Waals surface area contributed by atoms with E-state index in [-0.39, 0.29) is 11.9 Å². The molecule has 0 saturated heterocycles. The number of hydrogen-bond acceptors (Lipinski definition) is 2.